The summed E-state index contributed by atoms with van der Waals surface area (Å²) >= 11 is 1.16. The number of ether oxygens (including phenoxy) is 1. The van der Waals surface area contributed by atoms with Crippen LogP contribution in [0.1, 0.15) is 114 Å². The van der Waals surface area contributed by atoms with E-state index in [2.05, 4.69) is 15.2 Å². The average Bonchev–Trinajstić information content (AvgIpc) is 3.58. The maximum atomic E-state index is 14.2. The Labute approximate surface area is 313 Å². The molecule has 0 spiro atoms. The van der Waals surface area contributed by atoms with Gasteiger partial charge in [-0.3, -0.25) is 28.6 Å². The smallest absolute Gasteiger partial charge is 0.328 e. The molecule has 3 rings (SSSR count). The molecule has 1 aromatic heterocycles. The standard InChI is InChI=1S/C38H59N4O8PS/c1-9-25(4)30(21-34(44)32-17-13-14-18-41(32)7)38(46)42(8)33(24(2)3)22-35(50-27(6)43)37-40-31(23-52-37)36(45)39-29(19-26(5)51(47,48)49)20-28-15-11-10-12-16-28/h10-12,15-16,23-26,29-30,32-33,35H,9,13-14,17-22H2,1-8H3,(H,39,45)(H2,47,48,49)/t25-,26?,29+,30-,32+,33+,35+/m0/s1. The molecule has 1 saturated heterocycles. The van der Waals surface area contributed by atoms with Crippen molar-refractivity contribution in [3.63, 3.8) is 0 Å². The highest BCUT2D eigenvalue weighted by molar-refractivity contribution is 7.52. The second-order valence-electron chi connectivity index (χ2n) is 14.9. The van der Waals surface area contributed by atoms with E-state index in [1.807, 2.05) is 65.1 Å². The molecule has 1 fully saturated rings. The molecule has 3 N–H and O–H groups in total. The van der Waals surface area contributed by atoms with Gasteiger partial charge < -0.3 is 24.7 Å². The van der Waals surface area contributed by atoms with Gasteiger partial charge in [0.25, 0.3) is 5.91 Å². The number of rotatable bonds is 19. The first-order valence-electron chi connectivity index (χ1n) is 18.4. The molecule has 1 aromatic carbocycles. The third-order valence-corrected chi connectivity index (χ3v) is 12.8. The zero-order valence-corrected chi connectivity index (χ0v) is 33.7. The van der Waals surface area contributed by atoms with E-state index in [0.29, 0.717) is 11.4 Å². The number of likely N-dealkylation sites (N-methyl/N-ethyl adjacent to an activating group) is 1. The average molecular weight is 763 g/mol. The number of ketones is 1. The second-order valence-corrected chi connectivity index (χ2v) is 17.8. The van der Waals surface area contributed by atoms with Crippen LogP contribution in [0.15, 0.2) is 35.7 Å². The van der Waals surface area contributed by atoms with Gasteiger partial charge in [-0.2, -0.15) is 0 Å². The molecule has 1 aliphatic heterocycles. The van der Waals surface area contributed by atoms with E-state index < -0.39 is 43.2 Å². The number of benzene rings is 1. The Bertz CT molecular complexity index is 1530. The summed E-state index contributed by atoms with van der Waals surface area (Å²) in [4.78, 5) is 81.5. The van der Waals surface area contributed by atoms with Crippen molar-refractivity contribution in [2.24, 2.45) is 17.8 Å². The lowest BCUT2D eigenvalue weighted by atomic mass is 9.83. The van der Waals surface area contributed by atoms with Crippen LogP contribution in [0, 0.1) is 17.8 Å². The quantitative estimate of drug-likeness (QED) is 0.114. The maximum absolute atomic E-state index is 14.2. The summed E-state index contributed by atoms with van der Waals surface area (Å²) in [6.07, 6.45) is 3.59. The van der Waals surface area contributed by atoms with Crippen LogP contribution in [0.5, 0.6) is 0 Å². The zero-order chi connectivity index (χ0) is 38.7. The molecule has 1 aliphatic rings. The van der Waals surface area contributed by atoms with E-state index in [-0.39, 0.29) is 60.6 Å². The van der Waals surface area contributed by atoms with E-state index in [1.54, 1.807) is 17.3 Å². The van der Waals surface area contributed by atoms with Crippen LogP contribution < -0.4 is 5.32 Å². The number of esters is 1. The van der Waals surface area contributed by atoms with E-state index >= 15 is 0 Å². The van der Waals surface area contributed by atoms with Crippen LogP contribution >= 0.6 is 18.9 Å². The van der Waals surface area contributed by atoms with Gasteiger partial charge >= 0.3 is 13.6 Å². The lowest BCUT2D eigenvalue weighted by molar-refractivity contribution is -0.149. The number of carbonyl (C=O) groups is 4. The molecule has 0 aliphatic carbocycles. The van der Waals surface area contributed by atoms with Gasteiger partial charge in [-0.25, -0.2) is 4.98 Å². The highest BCUT2D eigenvalue weighted by atomic mass is 32.1. The molecule has 14 heteroatoms. The Balaban J connectivity index is 1.82. The Kier molecular flexibility index (Phi) is 16.6. The van der Waals surface area contributed by atoms with Crippen LogP contribution in [0.2, 0.25) is 0 Å². The van der Waals surface area contributed by atoms with E-state index in [4.69, 9.17) is 4.74 Å². The van der Waals surface area contributed by atoms with Crippen molar-refractivity contribution in [3.8, 4) is 0 Å². The van der Waals surface area contributed by atoms with Crippen LogP contribution in [0.25, 0.3) is 0 Å². The molecule has 52 heavy (non-hydrogen) atoms. The number of hydrogen-bond acceptors (Lipinski definition) is 9. The molecule has 12 nitrogen and oxygen atoms in total. The molecule has 0 saturated carbocycles. The molecule has 2 heterocycles. The van der Waals surface area contributed by atoms with Gasteiger partial charge in [0.15, 0.2) is 11.9 Å². The molecule has 290 valence electrons. The van der Waals surface area contributed by atoms with Gasteiger partial charge in [0, 0.05) is 50.2 Å². The Morgan fingerprint density at radius 2 is 1.77 bits per heavy atom. The summed E-state index contributed by atoms with van der Waals surface area (Å²) in [5.74, 6) is -1.60. The number of carbonyl (C=O) groups excluding carboxylic acids is 4. The van der Waals surface area contributed by atoms with Crippen molar-refractivity contribution in [2.75, 3.05) is 20.6 Å². The largest absolute Gasteiger partial charge is 0.455 e. The maximum Gasteiger partial charge on any atom is 0.328 e. The minimum Gasteiger partial charge on any atom is -0.455 e. The number of likely N-dealkylation sites (tertiary alicyclic amines) is 1. The van der Waals surface area contributed by atoms with Crippen LogP contribution in [0.4, 0.5) is 0 Å². The third-order valence-electron chi connectivity index (χ3n) is 10.5. The summed E-state index contributed by atoms with van der Waals surface area (Å²) in [5.41, 5.74) is 0.0204. The second kappa shape index (κ2) is 19.9. The number of piperidine rings is 1. The predicted molar refractivity (Wildman–Crippen MR) is 203 cm³/mol. The van der Waals surface area contributed by atoms with Gasteiger partial charge in [-0.1, -0.05) is 77.8 Å². The number of nitrogens with zero attached hydrogens (tertiary/aromatic N) is 3. The Hall–Kier alpha value is -2.96. The zero-order valence-electron chi connectivity index (χ0n) is 32.0. The van der Waals surface area contributed by atoms with Gasteiger partial charge in [-0.05, 0) is 56.7 Å². The predicted octanol–water partition coefficient (Wildman–Crippen LogP) is 6.02. The molecule has 7 atom stereocenters. The number of hydrogen-bond donors (Lipinski definition) is 3. The Morgan fingerprint density at radius 1 is 1.10 bits per heavy atom. The summed E-state index contributed by atoms with van der Waals surface area (Å²) in [6.45, 7) is 11.7. The van der Waals surface area contributed by atoms with E-state index in [9.17, 15) is 33.5 Å². The van der Waals surface area contributed by atoms with Crippen molar-refractivity contribution in [2.45, 2.75) is 123 Å². The van der Waals surface area contributed by atoms with Crippen LogP contribution in [0.3, 0.4) is 0 Å². The molecular weight excluding hydrogens is 703 g/mol. The highest BCUT2D eigenvalue weighted by Crippen LogP contribution is 2.43. The first kappa shape index (κ1) is 43.4. The van der Waals surface area contributed by atoms with E-state index in [0.717, 1.165) is 49.1 Å². The molecular formula is C38H59N4O8PS. The van der Waals surface area contributed by atoms with Crippen molar-refractivity contribution >= 4 is 42.5 Å². The molecule has 2 amide bonds. The number of aromatic nitrogens is 1. The van der Waals surface area contributed by atoms with Gasteiger partial charge in [0.05, 0.1) is 11.7 Å². The highest BCUT2D eigenvalue weighted by Gasteiger charge is 2.38. The lowest BCUT2D eigenvalue weighted by Gasteiger charge is -2.37. The van der Waals surface area contributed by atoms with Crippen molar-refractivity contribution in [1.29, 1.82) is 0 Å². The first-order chi connectivity index (χ1) is 24.4. The normalized spacial score (nSPS) is 18.9. The number of Topliss-reactive ketones (excluding diaryl/α,β-unsaturated/α-hetero) is 1. The van der Waals surface area contributed by atoms with Crippen molar-refractivity contribution in [1.82, 2.24) is 20.1 Å². The van der Waals surface area contributed by atoms with Gasteiger partial charge in [0.2, 0.25) is 5.91 Å². The minimum atomic E-state index is -4.38. The summed E-state index contributed by atoms with van der Waals surface area (Å²) < 4.78 is 17.7. The fraction of sp³-hybridized carbons (Fsp3) is 0.658. The van der Waals surface area contributed by atoms with Crippen LogP contribution in [-0.2, 0) is 30.1 Å². The fourth-order valence-corrected chi connectivity index (χ4v) is 8.38. The molecule has 2 aromatic rings. The number of nitrogens with one attached hydrogen (secondary N) is 1. The van der Waals surface area contributed by atoms with Crippen molar-refractivity contribution in [3.05, 3.63) is 52.0 Å². The minimum absolute atomic E-state index is 0.0136. The first-order valence-corrected chi connectivity index (χ1v) is 21.0. The Morgan fingerprint density at radius 3 is 2.35 bits per heavy atom. The molecule has 1 unspecified atom stereocenters. The lowest BCUT2D eigenvalue weighted by Crippen LogP contribution is -2.48. The summed E-state index contributed by atoms with van der Waals surface area (Å²) in [6, 6.07) is 8.23. The summed E-state index contributed by atoms with van der Waals surface area (Å²) in [5, 5.41) is 4.87. The number of amides is 2. The van der Waals surface area contributed by atoms with E-state index in [1.165, 1.54) is 13.8 Å². The monoisotopic (exact) mass is 762 g/mol. The summed E-state index contributed by atoms with van der Waals surface area (Å²) in [7, 11) is -0.660. The van der Waals surface area contributed by atoms with Gasteiger partial charge in [0.1, 0.15) is 10.7 Å². The van der Waals surface area contributed by atoms with Crippen LogP contribution in [-0.4, -0.2) is 92.6 Å². The fourth-order valence-electron chi connectivity index (χ4n) is 7.01. The van der Waals surface area contributed by atoms with Gasteiger partial charge in [-0.15, -0.1) is 11.3 Å². The van der Waals surface area contributed by atoms with Crippen molar-refractivity contribution < 1.29 is 38.3 Å². The topological polar surface area (TPSA) is 166 Å². The molecule has 0 bridgehead atoms. The third kappa shape index (κ3) is 12.6. The number of thiazole rings is 1. The molecule has 0 radical (unpaired) electrons. The SMILES string of the molecule is CC[C@H](C)[C@H](CC(=O)[C@H]1CCCCN1C)C(=O)N(C)[C@H](C[C@@H](OC(C)=O)c1nc(C(=O)N[C@@H](Cc2ccccc2)CC(C)P(=O)(O)O)cs1)C(C)C.